The number of aryl methyl sites for hydroxylation is 1. The van der Waals surface area contributed by atoms with Gasteiger partial charge in [-0.15, -0.1) is 0 Å². The third-order valence-corrected chi connectivity index (χ3v) is 5.05. The summed E-state index contributed by atoms with van der Waals surface area (Å²) in [6, 6.07) is 7.65. The molecule has 1 aliphatic rings. The summed E-state index contributed by atoms with van der Waals surface area (Å²) in [5.41, 5.74) is 3.30. The molecule has 0 bridgehead atoms. The van der Waals surface area contributed by atoms with E-state index < -0.39 is 0 Å². The molecule has 7 heteroatoms. The van der Waals surface area contributed by atoms with Crippen LogP contribution in [0.4, 0.5) is 11.6 Å². The summed E-state index contributed by atoms with van der Waals surface area (Å²) < 4.78 is 0. The predicted molar refractivity (Wildman–Crippen MR) is 110 cm³/mol. The lowest BCUT2D eigenvalue weighted by molar-refractivity contribution is -0.129. The van der Waals surface area contributed by atoms with Gasteiger partial charge < -0.3 is 15.1 Å². The summed E-state index contributed by atoms with van der Waals surface area (Å²) in [5.74, 6) is 0.647. The van der Waals surface area contributed by atoms with E-state index in [4.69, 9.17) is 0 Å². The Kier molecular flexibility index (Phi) is 5.92. The van der Waals surface area contributed by atoms with Crippen LogP contribution in [-0.2, 0) is 4.79 Å². The van der Waals surface area contributed by atoms with E-state index in [-0.39, 0.29) is 11.8 Å². The first-order valence-electron chi connectivity index (χ1n) is 9.61. The Morgan fingerprint density at radius 2 is 1.82 bits per heavy atom. The van der Waals surface area contributed by atoms with E-state index in [1.165, 1.54) is 0 Å². The number of benzene rings is 1. The van der Waals surface area contributed by atoms with Gasteiger partial charge in [0, 0.05) is 45.0 Å². The number of para-hydroxylation sites is 1. The predicted octanol–water partition coefficient (Wildman–Crippen LogP) is 2.83. The number of aromatic nitrogens is 2. The summed E-state index contributed by atoms with van der Waals surface area (Å²) in [5, 5.41) is 3.03. The van der Waals surface area contributed by atoms with Crippen molar-refractivity contribution >= 4 is 23.5 Å². The van der Waals surface area contributed by atoms with E-state index in [0.29, 0.717) is 43.7 Å². The molecule has 0 spiro atoms. The molecule has 0 saturated carbocycles. The van der Waals surface area contributed by atoms with Crippen LogP contribution in [0.5, 0.6) is 0 Å². The van der Waals surface area contributed by atoms with Gasteiger partial charge in [-0.2, -0.15) is 0 Å². The SMILES string of the molecule is CC(=O)N1CCN(c2nccc(C(=O)Nc3c(C)cccc3C(C)C)n2)CC1. The van der Waals surface area contributed by atoms with E-state index in [2.05, 4.69) is 29.1 Å². The molecule has 0 unspecified atom stereocenters. The van der Waals surface area contributed by atoms with Crippen molar-refractivity contribution in [2.45, 2.75) is 33.6 Å². The van der Waals surface area contributed by atoms with Gasteiger partial charge in [-0.1, -0.05) is 32.0 Å². The van der Waals surface area contributed by atoms with E-state index in [0.717, 1.165) is 16.8 Å². The molecule has 148 valence electrons. The van der Waals surface area contributed by atoms with Gasteiger partial charge in [0.1, 0.15) is 5.69 Å². The van der Waals surface area contributed by atoms with Gasteiger partial charge in [0.25, 0.3) is 5.91 Å². The number of amides is 2. The number of carbonyl (C=O) groups excluding carboxylic acids is 2. The number of anilines is 2. The first-order chi connectivity index (χ1) is 13.4. The second-order valence-electron chi connectivity index (χ2n) is 7.38. The minimum atomic E-state index is -0.248. The highest BCUT2D eigenvalue weighted by molar-refractivity contribution is 6.03. The van der Waals surface area contributed by atoms with Crippen LogP contribution in [0.25, 0.3) is 0 Å². The molecule has 0 atom stereocenters. The van der Waals surface area contributed by atoms with Crippen molar-refractivity contribution in [1.82, 2.24) is 14.9 Å². The van der Waals surface area contributed by atoms with Crippen molar-refractivity contribution in [3.8, 4) is 0 Å². The van der Waals surface area contributed by atoms with E-state index in [9.17, 15) is 9.59 Å². The zero-order valence-corrected chi connectivity index (χ0v) is 16.9. The first kappa shape index (κ1) is 19.8. The lowest BCUT2D eigenvalue weighted by Crippen LogP contribution is -2.48. The average molecular weight is 381 g/mol. The standard InChI is InChI=1S/C21H27N5O2/c1-14(2)17-7-5-6-15(3)19(17)24-20(28)18-8-9-22-21(23-18)26-12-10-25(11-13-26)16(4)27/h5-9,14H,10-13H2,1-4H3,(H,24,28). The summed E-state index contributed by atoms with van der Waals surface area (Å²) in [6.45, 7) is 10.4. The van der Waals surface area contributed by atoms with Crippen LogP contribution in [0, 0.1) is 6.92 Å². The molecule has 1 N–H and O–H groups in total. The molecule has 3 rings (SSSR count). The van der Waals surface area contributed by atoms with Gasteiger partial charge in [-0.25, -0.2) is 9.97 Å². The molecule has 1 fully saturated rings. The molecular weight excluding hydrogens is 354 g/mol. The minimum absolute atomic E-state index is 0.0767. The normalized spacial score (nSPS) is 14.3. The Bertz CT molecular complexity index is 873. The third kappa shape index (κ3) is 4.30. The van der Waals surface area contributed by atoms with Gasteiger partial charge >= 0.3 is 0 Å². The maximum Gasteiger partial charge on any atom is 0.274 e. The maximum absolute atomic E-state index is 12.8. The van der Waals surface area contributed by atoms with Crippen molar-refractivity contribution in [3.63, 3.8) is 0 Å². The highest BCUT2D eigenvalue weighted by Crippen LogP contribution is 2.27. The summed E-state index contributed by atoms with van der Waals surface area (Å²) in [4.78, 5) is 36.9. The summed E-state index contributed by atoms with van der Waals surface area (Å²) in [7, 11) is 0. The molecule has 2 amide bonds. The van der Waals surface area contributed by atoms with Gasteiger partial charge in [0.05, 0.1) is 0 Å². The Labute approximate surface area is 165 Å². The maximum atomic E-state index is 12.8. The minimum Gasteiger partial charge on any atom is -0.339 e. The molecule has 1 aliphatic heterocycles. The fraction of sp³-hybridized carbons (Fsp3) is 0.429. The van der Waals surface area contributed by atoms with E-state index >= 15 is 0 Å². The highest BCUT2D eigenvalue weighted by Gasteiger charge is 2.21. The van der Waals surface area contributed by atoms with Crippen molar-refractivity contribution in [2.75, 3.05) is 36.4 Å². The van der Waals surface area contributed by atoms with Crippen molar-refractivity contribution < 1.29 is 9.59 Å². The highest BCUT2D eigenvalue weighted by atomic mass is 16.2. The quantitative estimate of drug-likeness (QED) is 0.881. The molecular formula is C21H27N5O2. The molecule has 1 aromatic heterocycles. The molecule has 7 nitrogen and oxygen atoms in total. The van der Waals surface area contributed by atoms with Gasteiger partial charge in [0.2, 0.25) is 11.9 Å². The van der Waals surface area contributed by atoms with Crippen LogP contribution in [-0.4, -0.2) is 52.9 Å². The zero-order valence-electron chi connectivity index (χ0n) is 16.9. The van der Waals surface area contributed by atoms with E-state index in [1.807, 2.05) is 30.0 Å². The molecule has 0 radical (unpaired) electrons. The molecule has 2 heterocycles. The number of hydrogen-bond donors (Lipinski definition) is 1. The van der Waals surface area contributed by atoms with Crippen LogP contribution in [0.1, 0.15) is 48.3 Å². The summed E-state index contributed by atoms with van der Waals surface area (Å²) in [6.07, 6.45) is 1.61. The molecule has 1 saturated heterocycles. The second-order valence-corrected chi connectivity index (χ2v) is 7.38. The lowest BCUT2D eigenvalue weighted by atomic mass is 9.98. The second kappa shape index (κ2) is 8.37. The summed E-state index contributed by atoms with van der Waals surface area (Å²) >= 11 is 0. The number of hydrogen-bond acceptors (Lipinski definition) is 5. The lowest BCUT2D eigenvalue weighted by Gasteiger charge is -2.34. The zero-order chi connectivity index (χ0) is 20.3. The molecule has 2 aromatic rings. The number of piperazine rings is 1. The number of rotatable bonds is 4. The molecule has 0 aliphatic carbocycles. The Morgan fingerprint density at radius 3 is 2.46 bits per heavy atom. The monoisotopic (exact) mass is 381 g/mol. The average Bonchev–Trinajstić information content (AvgIpc) is 2.69. The topological polar surface area (TPSA) is 78.4 Å². The number of nitrogens with one attached hydrogen (secondary N) is 1. The van der Waals surface area contributed by atoms with Crippen molar-refractivity contribution in [1.29, 1.82) is 0 Å². The van der Waals surface area contributed by atoms with Crippen molar-refractivity contribution in [2.24, 2.45) is 0 Å². The van der Waals surface area contributed by atoms with Crippen LogP contribution >= 0.6 is 0 Å². The van der Waals surface area contributed by atoms with Gasteiger partial charge in [-0.3, -0.25) is 9.59 Å². The van der Waals surface area contributed by atoms with Crippen LogP contribution in [0.3, 0.4) is 0 Å². The molecule has 1 aromatic carbocycles. The Hall–Kier alpha value is -2.96. The smallest absolute Gasteiger partial charge is 0.274 e. The van der Waals surface area contributed by atoms with Crippen LogP contribution in [0.15, 0.2) is 30.5 Å². The van der Waals surface area contributed by atoms with Gasteiger partial charge in [0.15, 0.2) is 0 Å². The van der Waals surface area contributed by atoms with Crippen LogP contribution in [0.2, 0.25) is 0 Å². The Morgan fingerprint density at radius 1 is 1.11 bits per heavy atom. The Balaban J connectivity index is 1.76. The first-order valence-corrected chi connectivity index (χ1v) is 9.61. The number of nitrogens with zero attached hydrogens (tertiary/aromatic N) is 4. The third-order valence-electron chi connectivity index (χ3n) is 5.05. The van der Waals surface area contributed by atoms with Crippen LogP contribution < -0.4 is 10.2 Å². The largest absolute Gasteiger partial charge is 0.339 e. The fourth-order valence-corrected chi connectivity index (χ4v) is 3.37. The molecule has 28 heavy (non-hydrogen) atoms. The van der Waals surface area contributed by atoms with Crippen molar-refractivity contribution in [3.05, 3.63) is 47.3 Å². The fourth-order valence-electron chi connectivity index (χ4n) is 3.37. The van der Waals surface area contributed by atoms with E-state index in [1.54, 1.807) is 24.1 Å². The van der Waals surface area contributed by atoms with Gasteiger partial charge in [-0.05, 0) is 30.0 Å². The number of carbonyl (C=O) groups is 2.